The second kappa shape index (κ2) is 2.35. The van der Waals surface area contributed by atoms with E-state index >= 15 is 0 Å². The molecule has 2 aliphatic rings. The highest BCUT2D eigenvalue weighted by molar-refractivity contribution is 5.54. The lowest BCUT2D eigenvalue weighted by Gasteiger charge is -2.04. The van der Waals surface area contributed by atoms with Crippen LogP contribution in [0.4, 0.5) is 0 Å². The lowest BCUT2D eigenvalue weighted by molar-refractivity contribution is -0.111. The standard InChI is InChI=1S/C8H12O2/c9-5-6-3-7-1-2-10-8(7)4-6/h5-8H,1-4H2/t6?,7-,8+/m1/s1. The molecule has 1 heterocycles. The molecule has 1 aliphatic carbocycles. The molecule has 10 heavy (non-hydrogen) atoms. The number of hydrogen-bond acceptors (Lipinski definition) is 2. The summed E-state index contributed by atoms with van der Waals surface area (Å²) in [6.07, 6.45) is 4.74. The average molecular weight is 140 g/mol. The van der Waals surface area contributed by atoms with E-state index in [0.29, 0.717) is 17.9 Å². The quantitative estimate of drug-likeness (QED) is 0.508. The zero-order valence-electron chi connectivity index (χ0n) is 5.95. The smallest absolute Gasteiger partial charge is 0.123 e. The molecule has 2 fully saturated rings. The number of carbonyl (C=O) groups is 1. The molecule has 2 rings (SSSR count). The van der Waals surface area contributed by atoms with E-state index in [0.717, 1.165) is 25.7 Å². The lowest BCUT2D eigenvalue weighted by Crippen LogP contribution is -2.06. The third-order valence-corrected chi connectivity index (χ3v) is 2.68. The van der Waals surface area contributed by atoms with Crippen molar-refractivity contribution in [2.75, 3.05) is 6.61 Å². The fourth-order valence-electron chi connectivity index (χ4n) is 2.12. The second-order valence-corrected chi connectivity index (χ2v) is 3.33. The summed E-state index contributed by atoms with van der Waals surface area (Å²) in [6.45, 7) is 0.918. The van der Waals surface area contributed by atoms with Crippen molar-refractivity contribution in [1.82, 2.24) is 0 Å². The lowest BCUT2D eigenvalue weighted by atomic mass is 10.0. The van der Waals surface area contributed by atoms with Gasteiger partial charge in [0.15, 0.2) is 0 Å². The normalized spacial score (nSPS) is 45.4. The van der Waals surface area contributed by atoms with E-state index in [1.54, 1.807) is 0 Å². The average Bonchev–Trinajstić information content (AvgIpc) is 2.42. The van der Waals surface area contributed by atoms with Crippen LogP contribution < -0.4 is 0 Å². The molecule has 1 saturated carbocycles. The predicted octanol–water partition coefficient (Wildman–Crippen LogP) is 1.00. The van der Waals surface area contributed by atoms with Gasteiger partial charge in [0.2, 0.25) is 0 Å². The van der Waals surface area contributed by atoms with E-state index < -0.39 is 0 Å². The molecular weight excluding hydrogens is 128 g/mol. The molecule has 0 spiro atoms. The largest absolute Gasteiger partial charge is 0.378 e. The van der Waals surface area contributed by atoms with Gasteiger partial charge < -0.3 is 9.53 Å². The SMILES string of the molecule is O=CC1C[C@H]2CCO[C@H]2C1. The molecule has 1 unspecified atom stereocenters. The van der Waals surface area contributed by atoms with Gasteiger partial charge in [0.25, 0.3) is 0 Å². The minimum atomic E-state index is 0.301. The Hall–Kier alpha value is -0.370. The first-order valence-corrected chi connectivity index (χ1v) is 3.97. The summed E-state index contributed by atoms with van der Waals surface area (Å²) in [7, 11) is 0. The van der Waals surface area contributed by atoms with Gasteiger partial charge in [-0.3, -0.25) is 0 Å². The van der Waals surface area contributed by atoms with Crippen molar-refractivity contribution < 1.29 is 9.53 Å². The van der Waals surface area contributed by atoms with Gasteiger partial charge in [-0.05, 0) is 25.2 Å². The van der Waals surface area contributed by atoms with Gasteiger partial charge in [0, 0.05) is 12.5 Å². The first-order chi connectivity index (χ1) is 4.90. The Kier molecular flexibility index (Phi) is 1.49. The first kappa shape index (κ1) is 6.35. The van der Waals surface area contributed by atoms with Crippen LogP contribution in [-0.2, 0) is 9.53 Å². The molecule has 2 nitrogen and oxygen atoms in total. The van der Waals surface area contributed by atoms with Crippen LogP contribution in [0.25, 0.3) is 0 Å². The van der Waals surface area contributed by atoms with E-state index in [4.69, 9.17) is 4.74 Å². The monoisotopic (exact) mass is 140 g/mol. The Bertz CT molecular complexity index is 132. The highest BCUT2D eigenvalue weighted by Gasteiger charge is 2.37. The highest BCUT2D eigenvalue weighted by Crippen LogP contribution is 2.38. The van der Waals surface area contributed by atoms with Crippen molar-refractivity contribution in [3.63, 3.8) is 0 Å². The Labute approximate surface area is 60.6 Å². The van der Waals surface area contributed by atoms with Crippen LogP contribution in [0.15, 0.2) is 0 Å². The van der Waals surface area contributed by atoms with Crippen LogP contribution in [0, 0.1) is 11.8 Å². The second-order valence-electron chi connectivity index (χ2n) is 3.33. The number of rotatable bonds is 1. The minimum Gasteiger partial charge on any atom is -0.378 e. The van der Waals surface area contributed by atoms with Crippen molar-refractivity contribution in [1.29, 1.82) is 0 Å². The van der Waals surface area contributed by atoms with Gasteiger partial charge in [-0.15, -0.1) is 0 Å². The number of hydrogen-bond donors (Lipinski definition) is 0. The molecule has 2 heteroatoms. The van der Waals surface area contributed by atoms with E-state index in [9.17, 15) is 4.79 Å². The van der Waals surface area contributed by atoms with Crippen LogP contribution in [0.1, 0.15) is 19.3 Å². The van der Waals surface area contributed by atoms with Crippen molar-refractivity contribution in [3.8, 4) is 0 Å². The maximum atomic E-state index is 10.4. The van der Waals surface area contributed by atoms with Crippen LogP contribution in [-0.4, -0.2) is 19.0 Å². The van der Waals surface area contributed by atoms with Gasteiger partial charge in [-0.2, -0.15) is 0 Å². The van der Waals surface area contributed by atoms with Gasteiger partial charge in [-0.1, -0.05) is 0 Å². The van der Waals surface area contributed by atoms with E-state index in [1.807, 2.05) is 0 Å². The molecule has 0 aromatic carbocycles. The van der Waals surface area contributed by atoms with Crippen molar-refractivity contribution in [3.05, 3.63) is 0 Å². The van der Waals surface area contributed by atoms with Crippen LogP contribution in [0.5, 0.6) is 0 Å². The molecule has 0 N–H and O–H groups in total. The van der Waals surface area contributed by atoms with Gasteiger partial charge in [0.05, 0.1) is 6.10 Å². The minimum absolute atomic E-state index is 0.301. The maximum absolute atomic E-state index is 10.4. The van der Waals surface area contributed by atoms with E-state index in [2.05, 4.69) is 0 Å². The zero-order valence-corrected chi connectivity index (χ0v) is 5.95. The summed E-state index contributed by atoms with van der Waals surface area (Å²) in [4.78, 5) is 10.4. The summed E-state index contributed by atoms with van der Waals surface area (Å²) in [5.41, 5.74) is 0. The topological polar surface area (TPSA) is 26.3 Å². The molecular formula is C8H12O2. The van der Waals surface area contributed by atoms with Crippen molar-refractivity contribution >= 4 is 6.29 Å². The number of fused-ring (bicyclic) bond motifs is 1. The fourth-order valence-corrected chi connectivity index (χ4v) is 2.12. The van der Waals surface area contributed by atoms with Crippen LogP contribution in [0.2, 0.25) is 0 Å². The molecule has 0 aromatic rings. The van der Waals surface area contributed by atoms with E-state index in [-0.39, 0.29) is 0 Å². The van der Waals surface area contributed by atoms with Crippen LogP contribution in [0.3, 0.4) is 0 Å². The molecule has 3 atom stereocenters. The zero-order chi connectivity index (χ0) is 6.97. The summed E-state index contributed by atoms with van der Waals surface area (Å²) in [6, 6.07) is 0. The predicted molar refractivity (Wildman–Crippen MR) is 36.6 cm³/mol. The van der Waals surface area contributed by atoms with Gasteiger partial charge in [0.1, 0.15) is 6.29 Å². The van der Waals surface area contributed by atoms with Gasteiger partial charge >= 0.3 is 0 Å². The summed E-state index contributed by atoms with van der Waals surface area (Å²) in [5.74, 6) is 1.01. The number of carbonyl (C=O) groups excluding carboxylic acids is 1. The summed E-state index contributed by atoms with van der Waals surface area (Å²) in [5, 5.41) is 0. The molecule has 1 saturated heterocycles. The molecule has 0 aromatic heterocycles. The first-order valence-electron chi connectivity index (χ1n) is 3.97. The Morgan fingerprint density at radius 1 is 1.40 bits per heavy atom. The van der Waals surface area contributed by atoms with Crippen molar-refractivity contribution in [2.24, 2.45) is 11.8 Å². The van der Waals surface area contributed by atoms with Gasteiger partial charge in [-0.25, -0.2) is 0 Å². The fraction of sp³-hybridized carbons (Fsp3) is 0.875. The Morgan fingerprint density at radius 3 is 3.00 bits per heavy atom. The molecule has 0 radical (unpaired) electrons. The van der Waals surface area contributed by atoms with E-state index in [1.165, 1.54) is 6.42 Å². The third kappa shape index (κ3) is 0.870. The maximum Gasteiger partial charge on any atom is 0.123 e. The molecule has 1 aliphatic heterocycles. The summed E-state index contributed by atoms with van der Waals surface area (Å²) >= 11 is 0. The number of aldehydes is 1. The molecule has 56 valence electrons. The Morgan fingerprint density at radius 2 is 2.30 bits per heavy atom. The number of ether oxygens (including phenoxy) is 1. The Balaban J connectivity index is 1.99. The van der Waals surface area contributed by atoms with Crippen LogP contribution >= 0.6 is 0 Å². The molecule has 0 bridgehead atoms. The third-order valence-electron chi connectivity index (χ3n) is 2.68. The molecule has 0 amide bonds. The highest BCUT2D eigenvalue weighted by atomic mass is 16.5. The van der Waals surface area contributed by atoms with Crippen molar-refractivity contribution in [2.45, 2.75) is 25.4 Å². The summed E-state index contributed by atoms with van der Waals surface area (Å²) < 4.78 is 5.45.